The molecular weight excluding hydrogens is 380 g/mol. The zero-order valence-electron chi connectivity index (χ0n) is 17.3. The highest BCUT2D eigenvalue weighted by molar-refractivity contribution is 6.08. The standard InChI is InChI=1S/C23H28N4O3/c1-14(27-22(29)16-8-2-3-9-17(16)23(27)30)21(28)26-12-6-7-15(13-26)20-24-18-10-4-5-11-19(18)25-20/h4-5,10-11,14-17H,2-3,6-9,12-13H2,1H3,(H,24,25)/t14-,15-,16-,17+/m1/s1. The number of H-pyrrole nitrogens is 1. The molecule has 2 aromatic rings. The third-order valence-electron chi connectivity index (χ3n) is 7.15. The van der Waals surface area contributed by atoms with Gasteiger partial charge in [-0.15, -0.1) is 0 Å². The maximum atomic E-state index is 13.3. The number of nitrogens with one attached hydrogen (secondary N) is 1. The number of carbonyl (C=O) groups excluding carboxylic acids is 3. The van der Waals surface area contributed by atoms with E-state index in [0.717, 1.165) is 55.4 Å². The van der Waals surface area contributed by atoms with E-state index in [1.54, 1.807) is 6.92 Å². The maximum Gasteiger partial charge on any atom is 0.245 e. The number of para-hydroxylation sites is 2. The Balaban J connectivity index is 1.31. The molecule has 3 heterocycles. The zero-order chi connectivity index (χ0) is 20.8. The van der Waals surface area contributed by atoms with Gasteiger partial charge in [0.25, 0.3) is 0 Å². The van der Waals surface area contributed by atoms with Gasteiger partial charge in [-0.05, 0) is 44.7 Å². The van der Waals surface area contributed by atoms with E-state index in [4.69, 9.17) is 4.98 Å². The van der Waals surface area contributed by atoms with Crippen LogP contribution in [0.1, 0.15) is 57.2 Å². The number of piperidine rings is 1. The lowest BCUT2D eigenvalue weighted by molar-refractivity contribution is -0.151. The number of hydrogen-bond donors (Lipinski definition) is 1. The number of amides is 3. The molecular formula is C23H28N4O3. The van der Waals surface area contributed by atoms with E-state index in [1.165, 1.54) is 4.90 Å². The second-order valence-electron chi connectivity index (χ2n) is 8.98. The normalized spacial score (nSPS) is 28.1. The van der Waals surface area contributed by atoms with Gasteiger partial charge in [-0.3, -0.25) is 19.3 Å². The molecule has 0 radical (unpaired) electrons. The highest BCUT2D eigenvalue weighted by atomic mass is 16.2. The second-order valence-corrected chi connectivity index (χ2v) is 8.98. The highest BCUT2D eigenvalue weighted by Crippen LogP contribution is 2.39. The van der Waals surface area contributed by atoms with Crippen LogP contribution in [0.2, 0.25) is 0 Å². The average molecular weight is 409 g/mol. The number of imide groups is 1. The summed E-state index contributed by atoms with van der Waals surface area (Å²) in [6, 6.07) is 7.19. The van der Waals surface area contributed by atoms with Crippen molar-refractivity contribution in [3.63, 3.8) is 0 Å². The largest absolute Gasteiger partial charge is 0.342 e. The van der Waals surface area contributed by atoms with E-state index in [2.05, 4.69) is 4.98 Å². The van der Waals surface area contributed by atoms with Crippen molar-refractivity contribution in [1.82, 2.24) is 19.8 Å². The van der Waals surface area contributed by atoms with Crippen LogP contribution in [0.3, 0.4) is 0 Å². The van der Waals surface area contributed by atoms with Crippen LogP contribution in [-0.2, 0) is 14.4 Å². The number of carbonyl (C=O) groups is 3. The number of likely N-dealkylation sites (tertiary alicyclic amines) is 2. The van der Waals surface area contributed by atoms with Crippen molar-refractivity contribution in [2.45, 2.75) is 57.4 Å². The maximum absolute atomic E-state index is 13.3. The summed E-state index contributed by atoms with van der Waals surface area (Å²) in [6.45, 7) is 2.93. The summed E-state index contributed by atoms with van der Waals surface area (Å²) in [7, 11) is 0. The van der Waals surface area contributed by atoms with Crippen molar-refractivity contribution in [2.75, 3.05) is 13.1 Å². The van der Waals surface area contributed by atoms with Crippen molar-refractivity contribution < 1.29 is 14.4 Å². The molecule has 4 atom stereocenters. The highest BCUT2D eigenvalue weighted by Gasteiger charge is 2.51. The number of fused-ring (bicyclic) bond motifs is 2. The molecule has 1 saturated carbocycles. The van der Waals surface area contributed by atoms with Gasteiger partial charge in [0, 0.05) is 19.0 Å². The van der Waals surface area contributed by atoms with Crippen LogP contribution < -0.4 is 0 Å². The van der Waals surface area contributed by atoms with Crippen molar-refractivity contribution in [3.05, 3.63) is 30.1 Å². The number of rotatable bonds is 3. The smallest absolute Gasteiger partial charge is 0.245 e. The van der Waals surface area contributed by atoms with Gasteiger partial charge >= 0.3 is 0 Å². The van der Waals surface area contributed by atoms with E-state index >= 15 is 0 Å². The Hall–Kier alpha value is -2.70. The van der Waals surface area contributed by atoms with Crippen molar-refractivity contribution in [2.24, 2.45) is 11.8 Å². The molecule has 1 aliphatic carbocycles. The fourth-order valence-corrected chi connectivity index (χ4v) is 5.51. The summed E-state index contributed by atoms with van der Waals surface area (Å²) in [5.41, 5.74) is 1.93. The minimum atomic E-state index is -0.731. The van der Waals surface area contributed by atoms with E-state index in [9.17, 15) is 14.4 Å². The van der Waals surface area contributed by atoms with Gasteiger partial charge in [-0.2, -0.15) is 0 Å². The topological polar surface area (TPSA) is 86.4 Å². The van der Waals surface area contributed by atoms with Crippen LogP contribution in [0, 0.1) is 11.8 Å². The predicted molar refractivity (Wildman–Crippen MR) is 111 cm³/mol. The molecule has 3 aliphatic rings. The molecule has 5 rings (SSSR count). The Morgan fingerprint density at radius 1 is 1.07 bits per heavy atom. The molecule has 0 unspecified atom stereocenters. The first-order chi connectivity index (χ1) is 14.5. The summed E-state index contributed by atoms with van der Waals surface area (Å²) in [6.07, 6.45) is 5.36. The molecule has 3 fully saturated rings. The minimum absolute atomic E-state index is 0.129. The molecule has 7 heteroatoms. The lowest BCUT2D eigenvalue weighted by Crippen LogP contribution is -2.52. The Kier molecular flexibility index (Phi) is 4.83. The predicted octanol–water partition coefficient (Wildman–Crippen LogP) is 2.83. The first kappa shape index (κ1) is 19.3. The van der Waals surface area contributed by atoms with Crippen molar-refractivity contribution in [1.29, 1.82) is 0 Å². The molecule has 0 spiro atoms. The Morgan fingerprint density at radius 2 is 1.77 bits per heavy atom. The lowest BCUT2D eigenvalue weighted by Gasteiger charge is -2.35. The number of hydrogen-bond acceptors (Lipinski definition) is 4. The molecule has 2 saturated heterocycles. The van der Waals surface area contributed by atoms with Crippen molar-refractivity contribution in [3.8, 4) is 0 Å². The number of nitrogens with zero attached hydrogens (tertiary/aromatic N) is 3. The fraction of sp³-hybridized carbons (Fsp3) is 0.565. The van der Waals surface area contributed by atoms with E-state index in [-0.39, 0.29) is 35.5 Å². The summed E-state index contributed by atoms with van der Waals surface area (Å²) in [5.74, 6) is 0.191. The zero-order valence-corrected chi connectivity index (χ0v) is 17.3. The van der Waals surface area contributed by atoms with Crippen molar-refractivity contribution >= 4 is 28.8 Å². The second kappa shape index (κ2) is 7.52. The van der Waals surface area contributed by atoms with E-state index in [0.29, 0.717) is 13.1 Å². The first-order valence-corrected chi connectivity index (χ1v) is 11.1. The molecule has 0 bridgehead atoms. The van der Waals surface area contributed by atoms with Gasteiger partial charge in [0.1, 0.15) is 11.9 Å². The number of imidazole rings is 1. The Labute approximate surface area is 175 Å². The van der Waals surface area contributed by atoms with Crippen LogP contribution in [-0.4, -0.2) is 56.6 Å². The van der Waals surface area contributed by atoms with E-state index in [1.807, 2.05) is 29.2 Å². The van der Waals surface area contributed by atoms with Crippen LogP contribution in [0.25, 0.3) is 11.0 Å². The summed E-state index contributed by atoms with van der Waals surface area (Å²) < 4.78 is 0. The fourth-order valence-electron chi connectivity index (χ4n) is 5.51. The summed E-state index contributed by atoms with van der Waals surface area (Å²) in [4.78, 5) is 50.2. The van der Waals surface area contributed by atoms with Gasteiger partial charge in [-0.25, -0.2) is 4.98 Å². The molecule has 1 aromatic heterocycles. The quantitative estimate of drug-likeness (QED) is 0.792. The Bertz CT molecular complexity index is 942. The number of benzene rings is 1. The minimum Gasteiger partial charge on any atom is -0.342 e. The molecule has 158 valence electrons. The number of aromatic nitrogens is 2. The summed E-state index contributed by atoms with van der Waals surface area (Å²) in [5, 5.41) is 0. The van der Waals surface area contributed by atoms with Gasteiger partial charge in [0.05, 0.1) is 22.9 Å². The molecule has 1 aromatic carbocycles. The first-order valence-electron chi connectivity index (χ1n) is 11.1. The monoisotopic (exact) mass is 408 g/mol. The third kappa shape index (κ3) is 3.11. The lowest BCUT2D eigenvalue weighted by atomic mass is 9.81. The molecule has 30 heavy (non-hydrogen) atoms. The molecule has 1 N–H and O–H groups in total. The van der Waals surface area contributed by atoms with Gasteiger partial charge in [0.15, 0.2) is 0 Å². The number of aromatic amines is 1. The molecule has 3 amide bonds. The van der Waals surface area contributed by atoms with Crippen LogP contribution >= 0.6 is 0 Å². The average Bonchev–Trinajstić information content (AvgIpc) is 3.32. The molecule has 7 nitrogen and oxygen atoms in total. The third-order valence-corrected chi connectivity index (χ3v) is 7.15. The summed E-state index contributed by atoms with van der Waals surface area (Å²) >= 11 is 0. The van der Waals surface area contributed by atoms with Crippen LogP contribution in [0.15, 0.2) is 24.3 Å². The van der Waals surface area contributed by atoms with Crippen LogP contribution in [0.5, 0.6) is 0 Å². The molecule has 2 aliphatic heterocycles. The van der Waals surface area contributed by atoms with Gasteiger partial charge in [-0.1, -0.05) is 25.0 Å². The SMILES string of the molecule is C[C@H](C(=O)N1CCC[C@@H](c2nc3ccccc3[nH]2)C1)N1C(=O)[C@H]2CCCC[C@H]2C1=O. The van der Waals surface area contributed by atoms with E-state index < -0.39 is 6.04 Å². The Morgan fingerprint density at radius 3 is 2.47 bits per heavy atom. The van der Waals surface area contributed by atoms with Gasteiger partial charge < -0.3 is 9.88 Å². The van der Waals surface area contributed by atoms with Crippen LogP contribution in [0.4, 0.5) is 0 Å². The van der Waals surface area contributed by atoms with Gasteiger partial charge in [0.2, 0.25) is 17.7 Å².